The number of piperazine rings is 1. The standard InChI is InChI=1S/C23H25N3O3/c27-23-21-19-11-12-20(24-28-16-18-9-5-2-6-10-18)22(19)29-26(21)14-13-25(23)15-17-7-3-1-4-8-17/h1-10,19,21-22H,11-16H2/b24-20+/t19-,21+,22+/m1/s1. The van der Waals surface area contributed by atoms with Crippen molar-refractivity contribution in [1.29, 1.82) is 0 Å². The molecule has 29 heavy (non-hydrogen) atoms. The Morgan fingerprint density at radius 3 is 2.48 bits per heavy atom. The molecule has 0 bridgehead atoms. The Kier molecular flexibility index (Phi) is 5.04. The minimum Gasteiger partial charge on any atom is -0.391 e. The molecule has 2 aliphatic heterocycles. The summed E-state index contributed by atoms with van der Waals surface area (Å²) in [6.45, 7) is 2.51. The van der Waals surface area contributed by atoms with Crippen LogP contribution in [-0.4, -0.2) is 46.8 Å². The second-order valence-corrected chi connectivity index (χ2v) is 7.90. The molecule has 0 unspecified atom stereocenters. The van der Waals surface area contributed by atoms with E-state index in [-0.39, 0.29) is 24.0 Å². The zero-order valence-electron chi connectivity index (χ0n) is 16.3. The predicted molar refractivity (Wildman–Crippen MR) is 109 cm³/mol. The van der Waals surface area contributed by atoms with Crippen LogP contribution in [0.1, 0.15) is 24.0 Å². The van der Waals surface area contributed by atoms with E-state index in [1.165, 1.54) is 0 Å². The highest BCUT2D eigenvalue weighted by molar-refractivity contribution is 5.93. The molecule has 2 saturated heterocycles. The van der Waals surface area contributed by atoms with E-state index in [9.17, 15) is 4.79 Å². The van der Waals surface area contributed by atoms with Gasteiger partial charge in [0.15, 0.2) is 0 Å². The third-order valence-electron chi connectivity index (χ3n) is 6.04. The molecule has 6 nitrogen and oxygen atoms in total. The van der Waals surface area contributed by atoms with Gasteiger partial charge in [-0.05, 0) is 24.0 Å². The molecule has 0 radical (unpaired) electrons. The SMILES string of the molecule is O=C1[C@@H]2[C@H]3CC/C(=N\OCc4ccccc4)[C@H]3ON2CCN1Cc1ccccc1. The third kappa shape index (κ3) is 3.66. The maximum atomic E-state index is 13.2. The Bertz CT molecular complexity index is 887. The van der Waals surface area contributed by atoms with Crippen molar-refractivity contribution in [2.24, 2.45) is 11.1 Å². The fourth-order valence-electron chi connectivity index (χ4n) is 4.58. The number of hydroxylamine groups is 2. The lowest BCUT2D eigenvalue weighted by Crippen LogP contribution is -2.55. The van der Waals surface area contributed by atoms with E-state index in [2.05, 4.69) is 17.3 Å². The molecule has 0 N–H and O–H groups in total. The third-order valence-corrected chi connectivity index (χ3v) is 6.04. The van der Waals surface area contributed by atoms with Crippen LogP contribution in [0.5, 0.6) is 0 Å². The van der Waals surface area contributed by atoms with Gasteiger partial charge < -0.3 is 9.74 Å². The summed E-state index contributed by atoms with van der Waals surface area (Å²) in [6, 6.07) is 19.9. The molecular formula is C23H25N3O3. The minimum atomic E-state index is -0.209. The highest BCUT2D eigenvalue weighted by atomic mass is 16.7. The van der Waals surface area contributed by atoms with Gasteiger partial charge in [0.05, 0.1) is 5.71 Å². The average Bonchev–Trinajstić information content (AvgIpc) is 3.31. The number of hydrogen-bond donors (Lipinski definition) is 0. The highest BCUT2D eigenvalue weighted by Crippen LogP contribution is 2.40. The van der Waals surface area contributed by atoms with Gasteiger partial charge in [-0.3, -0.25) is 9.63 Å². The van der Waals surface area contributed by atoms with Crippen molar-refractivity contribution in [2.75, 3.05) is 13.1 Å². The van der Waals surface area contributed by atoms with E-state index in [4.69, 9.17) is 9.68 Å². The molecule has 2 heterocycles. The minimum absolute atomic E-state index is 0.142. The summed E-state index contributed by atoms with van der Waals surface area (Å²) in [6.07, 6.45) is 1.58. The van der Waals surface area contributed by atoms with Gasteiger partial charge in [0.1, 0.15) is 18.8 Å². The number of benzene rings is 2. The van der Waals surface area contributed by atoms with Crippen molar-refractivity contribution in [3.8, 4) is 0 Å². The molecule has 6 heteroatoms. The lowest BCUT2D eigenvalue weighted by Gasteiger charge is -2.36. The molecule has 3 aliphatic rings. The summed E-state index contributed by atoms with van der Waals surface area (Å²) < 4.78 is 0. The van der Waals surface area contributed by atoms with Crippen LogP contribution in [0.4, 0.5) is 0 Å². The van der Waals surface area contributed by atoms with Gasteiger partial charge in [0, 0.05) is 25.6 Å². The number of rotatable bonds is 5. The van der Waals surface area contributed by atoms with Gasteiger partial charge in [-0.15, -0.1) is 0 Å². The van der Waals surface area contributed by atoms with Crippen molar-refractivity contribution in [2.45, 2.75) is 38.1 Å². The van der Waals surface area contributed by atoms with E-state index < -0.39 is 0 Å². The normalized spacial score (nSPS) is 27.9. The number of nitrogens with zero attached hydrogens (tertiary/aromatic N) is 3. The summed E-state index contributed by atoms with van der Waals surface area (Å²) in [4.78, 5) is 26.9. The van der Waals surface area contributed by atoms with E-state index >= 15 is 0 Å². The molecule has 5 rings (SSSR count). The van der Waals surface area contributed by atoms with Gasteiger partial charge in [-0.2, -0.15) is 5.06 Å². The van der Waals surface area contributed by atoms with Crippen LogP contribution in [0.2, 0.25) is 0 Å². The fourth-order valence-corrected chi connectivity index (χ4v) is 4.58. The lowest BCUT2D eigenvalue weighted by molar-refractivity contribution is -0.182. The molecule has 0 aromatic heterocycles. The van der Waals surface area contributed by atoms with Crippen molar-refractivity contribution >= 4 is 11.6 Å². The second kappa shape index (κ2) is 7.97. The summed E-state index contributed by atoms with van der Waals surface area (Å²) in [5.74, 6) is 0.319. The summed E-state index contributed by atoms with van der Waals surface area (Å²) in [5, 5.41) is 6.25. The number of carbonyl (C=O) groups is 1. The van der Waals surface area contributed by atoms with Gasteiger partial charge in [0.25, 0.3) is 0 Å². The number of hydrogen-bond acceptors (Lipinski definition) is 5. The maximum Gasteiger partial charge on any atom is 0.243 e. The summed E-state index contributed by atoms with van der Waals surface area (Å²) in [5.41, 5.74) is 3.17. The van der Waals surface area contributed by atoms with Crippen molar-refractivity contribution in [3.63, 3.8) is 0 Å². The Morgan fingerprint density at radius 2 is 1.72 bits per heavy atom. The topological polar surface area (TPSA) is 54.4 Å². The van der Waals surface area contributed by atoms with Crippen molar-refractivity contribution in [1.82, 2.24) is 9.96 Å². The molecule has 3 atom stereocenters. The van der Waals surface area contributed by atoms with Gasteiger partial charge in [-0.1, -0.05) is 65.8 Å². The summed E-state index contributed by atoms with van der Waals surface area (Å²) >= 11 is 0. The smallest absolute Gasteiger partial charge is 0.243 e. The predicted octanol–water partition coefficient (Wildman–Crippen LogP) is 3.00. The molecule has 1 aliphatic carbocycles. The Balaban J connectivity index is 1.24. The molecule has 150 valence electrons. The fraction of sp³-hybridized carbons (Fsp3) is 0.391. The molecule has 1 saturated carbocycles. The lowest BCUT2D eigenvalue weighted by atomic mass is 9.94. The van der Waals surface area contributed by atoms with E-state index in [1.54, 1.807) is 0 Å². The molecule has 3 fully saturated rings. The van der Waals surface area contributed by atoms with Crippen LogP contribution < -0.4 is 0 Å². The van der Waals surface area contributed by atoms with Crippen molar-refractivity contribution in [3.05, 3.63) is 71.8 Å². The van der Waals surface area contributed by atoms with Gasteiger partial charge >= 0.3 is 0 Å². The van der Waals surface area contributed by atoms with E-state index in [0.29, 0.717) is 19.7 Å². The monoisotopic (exact) mass is 391 g/mol. The Labute approximate surface area is 170 Å². The number of oxime groups is 1. The van der Waals surface area contributed by atoms with Crippen LogP contribution in [0.3, 0.4) is 0 Å². The van der Waals surface area contributed by atoms with Crippen LogP contribution in [0.15, 0.2) is 65.8 Å². The molecule has 2 aromatic rings. The molecule has 0 spiro atoms. The van der Waals surface area contributed by atoms with Gasteiger partial charge in [0.2, 0.25) is 5.91 Å². The quantitative estimate of drug-likeness (QED) is 0.736. The van der Waals surface area contributed by atoms with E-state index in [0.717, 1.165) is 36.2 Å². The first-order valence-corrected chi connectivity index (χ1v) is 10.3. The first-order chi connectivity index (χ1) is 14.3. The largest absolute Gasteiger partial charge is 0.391 e. The molecular weight excluding hydrogens is 366 g/mol. The zero-order chi connectivity index (χ0) is 19.6. The summed E-state index contributed by atoms with van der Waals surface area (Å²) in [7, 11) is 0. The van der Waals surface area contributed by atoms with Crippen LogP contribution in [0.25, 0.3) is 0 Å². The van der Waals surface area contributed by atoms with Gasteiger partial charge in [-0.25, -0.2) is 0 Å². The van der Waals surface area contributed by atoms with Crippen LogP contribution in [-0.2, 0) is 27.6 Å². The van der Waals surface area contributed by atoms with Crippen LogP contribution >= 0.6 is 0 Å². The number of carbonyl (C=O) groups excluding carboxylic acids is 1. The average molecular weight is 391 g/mol. The number of fused-ring (bicyclic) bond motifs is 3. The van der Waals surface area contributed by atoms with Crippen molar-refractivity contribution < 1.29 is 14.5 Å². The number of amides is 1. The van der Waals surface area contributed by atoms with Crippen LogP contribution in [0, 0.1) is 5.92 Å². The second-order valence-electron chi connectivity index (χ2n) is 7.90. The zero-order valence-corrected chi connectivity index (χ0v) is 16.3. The maximum absolute atomic E-state index is 13.2. The Hall–Kier alpha value is -2.70. The molecule has 1 amide bonds. The highest BCUT2D eigenvalue weighted by Gasteiger charge is 2.54. The Morgan fingerprint density at radius 1 is 1.00 bits per heavy atom. The molecule has 2 aromatic carbocycles. The van der Waals surface area contributed by atoms with E-state index in [1.807, 2.05) is 58.5 Å². The first kappa shape index (κ1) is 18.3. The first-order valence-electron chi connectivity index (χ1n) is 10.3.